The Morgan fingerprint density at radius 2 is 1.94 bits per heavy atom. The summed E-state index contributed by atoms with van der Waals surface area (Å²) < 4.78 is 14.1. The van der Waals surface area contributed by atoms with E-state index < -0.39 is 0 Å². The SMILES string of the molecule is CCC(N)Cc1cccc(F)c1N(C)C(C)CC. The van der Waals surface area contributed by atoms with Crippen molar-refractivity contribution in [3.05, 3.63) is 29.6 Å². The maximum absolute atomic E-state index is 14.1. The van der Waals surface area contributed by atoms with Crippen molar-refractivity contribution in [2.45, 2.75) is 52.1 Å². The molecule has 0 fully saturated rings. The predicted octanol–water partition coefficient (Wildman–Crippen LogP) is 3.34. The van der Waals surface area contributed by atoms with E-state index in [0.717, 1.165) is 24.8 Å². The third kappa shape index (κ3) is 3.45. The molecule has 3 heteroatoms. The van der Waals surface area contributed by atoms with E-state index in [9.17, 15) is 4.39 Å². The third-order valence-corrected chi connectivity index (χ3v) is 3.68. The molecule has 0 heterocycles. The molecule has 0 spiro atoms. The molecule has 2 atom stereocenters. The van der Waals surface area contributed by atoms with E-state index in [1.54, 1.807) is 6.07 Å². The number of nitrogens with zero attached hydrogens (tertiary/aromatic N) is 1. The van der Waals surface area contributed by atoms with E-state index in [-0.39, 0.29) is 11.9 Å². The lowest BCUT2D eigenvalue weighted by molar-refractivity contribution is 0.588. The Morgan fingerprint density at radius 3 is 2.50 bits per heavy atom. The summed E-state index contributed by atoms with van der Waals surface area (Å²) in [6.07, 6.45) is 2.62. The fraction of sp³-hybridized carbons (Fsp3) is 0.600. The van der Waals surface area contributed by atoms with Gasteiger partial charge < -0.3 is 10.6 Å². The Labute approximate surface area is 110 Å². The molecule has 0 radical (unpaired) electrons. The number of benzene rings is 1. The van der Waals surface area contributed by atoms with Crippen LogP contribution in [0, 0.1) is 5.82 Å². The average molecular weight is 252 g/mol. The Hall–Kier alpha value is -1.09. The smallest absolute Gasteiger partial charge is 0.146 e. The van der Waals surface area contributed by atoms with Gasteiger partial charge in [0.2, 0.25) is 0 Å². The van der Waals surface area contributed by atoms with E-state index in [2.05, 4.69) is 20.8 Å². The first kappa shape index (κ1) is 15.0. The van der Waals surface area contributed by atoms with Crippen molar-refractivity contribution < 1.29 is 4.39 Å². The van der Waals surface area contributed by atoms with Gasteiger partial charge in [0.1, 0.15) is 5.82 Å². The van der Waals surface area contributed by atoms with Crippen LogP contribution in [0.4, 0.5) is 10.1 Å². The maximum Gasteiger partial charge on any atom is 0.146 e. The highest BCUT2D eigenvalue weighted by atomic mass is 19.1. The lowest BCUT2D eigenvalue weighted by Crippen LogP contribution is -2.31. The van der Waals surface area contributed by atoms with Crippen molar-refractivity contribution in [2.24, 2.45) is 5.73 Å². The topological polar surface area (TPSA) is 29.3 Å². The van der Waals surface area contributed by atoms with Crippen LogP contribution in [-0.4, -0.2) is 19.1 Å². The Kier molecular flexibility index (Phi) is 5.60. The number of halogens is 1. The van der Waals surface area contributed by atoms with Gasteiger partial charge in [0.25, 0.3) is 0 Å². The molecular weight excluding hydrogens is 227 g/mol. The summed E-state index contributed by atoms with van der Waals surface area (Å²) in [6.45, 7) is 6.28. The normalized spacial score (nSPS) is 14.3. The average Bonchev–Trinajstić information content (AvgIpc) is 2.37. The second-order valence-electron chi connectivity index (χ2n) is 4.99. The van der Waals surface area contributed by atoms with Crippen LogP contribution in [-0.2, 0) is 6.42 Å². The number of nitrogens with two attached hydrogens (primary N) is 1. The van der Waals surface area contributed by atoms with Gasteiger partial charge in [0.15, 0.2) is 0 Å². The number of para-hydroxylation sites is 1. The summed E-state index contributed by atoms with van der Waals surface area (Å²) in [5.41, 5.74) is 7.70. The predicted molar refractivity (Wildman–Crippen MR) is 76.5 cm³/mol. The molecule has 0 aromatic heterocycles. The largest absolute Gasteiger partial charge is 0.369 e. The zero-order valence-corrected chi connectivity index (χ0v) is 11.9. The molecule has 1 aromatic rings. The highest BCUT2D eigenvalue weighted by Crippen LogP contribution is 2.27. The van der Waals surface area contributed by atoms with Gasteiger partial charge in [-0.3, -0.25) is 0 Å². The van der Waals surface area contributed by atoms with Gasteiger partial charge in [0.05, 0.1) is 5.69 Å². The molecule has 18 heavy (non-hydrogen) atoms. The van der Waals surface area contributed by atoms with Gasteiger partial charge in [0, 0.05) is 19.1 Å². The zero-order chi connectivity index (χ0) is 13.7. The lowest BCUT2D eigenvalue weighted by atomic mass is 10.0. The minimum absolute atomic E-state index is 0.0934. The number of hydrogen-bond acceptors (Lipinski definition) is 2. The first-order chi connectivity index (χ1) is 8.51. The molecule has 102 valence electrons. The molecule has 1 rings (SSSR count). The first-order valence-electron chi connectivity index (χ1n) is 6.77. The van der Waals surface area contributed by atoms with Gasteiger partial charge in [-0.1, -0.05) is 26.0 Å². The van der Waals surface area contributed by atoms with Crippen LogP contribution in [0.25, 0.3) is 0 Å². The molecule has 0 aliphatic heterocycles. The van der Waals surface area contributed by atoms with Gasteiger partial charge >= 0.3 is 0 Å². The minimum atomic E-state index is -0.154. The molecule has 0 aliphatic rings. The monoisotopic (exact) mass is 252 g/mol. The third-order valence-electron chi connectivity index (χ3n) is 3.68. The van der Waals surface area contributed by atoms with Crippen LogP contribution in [0.1, 0.15) is 39.2 Å². The highest BCUT2D eigenvalue weighted by molar-refractivity contribution is 5.55. The van der Waals surface area contributed by atoms with Crippen LogP contribution in [0.5, 0.6) is 0 Å². The first-order valence-corrected chi connectivity index (χ1v) is 6.77. The van der Waals surface area contributed by atoms with E-state index in [1.807, 2.05) is 18.0 Å². The summed E-state index contributed by atoms with van der Waals surface area (Å²) in [6, 6.07) is 5.68. The molecule has 0 saturated heterocycles. The molecule has 1 aromatic carbocycles. The van der Waals surface area contributed by atoms with Crippen LogP contribution < -0.4 is 10.6 Å². The number of anilines is 1. The molecule has 2 N–H and O–H groups in total. The highest BCUT2D eigenvalue weighted by Gasteiger charge is 2.17. The number of rotatable bonds is 6. The molecule has 2 nitrogen and oxygen atoms in total. The summed E-state index contributed by atoms with van der Waals surface area (Å²) in [5.74, 6) is -0.154. The fourth-order valence-electron chi connectivity index (χ4n) is 2.04. The van der Waals surface area contributed by atoms with Crippen molar-refractivity contribution in [2.75, 3.05) is 11.9 Å². The quantitative estimate of drug-likeness (QED) is 0.841. The molecule has 0 amide bonds. The van der Waals surface area contributed by atoms with Gasteiger partial charge in [-0.25, -0.2) is 4.39 Å². The lowest BCUT2D eigenvalue weighted by Gasteiger charge is -2.29. The molecule has 2 unspecified atom stereocenters. The molecular formula is C15H25FN2. The summed E-state index contributed by atoms with van der Waals surface area (Å²) in [4.78, 5) is 2.02. The maximum atomic E-state index is 14.1. The van der Waals surface area contributed by atoms with Crippen molar-refractivity contribution in [1.29, 1.82) is 0 Å². The van der Waals surface area contributed by atoms with Gasteiger partial charge in [-0.15, -0.1) is 0 Å². The zero-order valence-electron chi connectivity index (χ0n) is 11.9. The summed E-state index contributed by atoms with van der Waals surface area (Å²) in [7, 11) is 1.95. The van der Waals surface area contributed by atoms with Crippen LogP contribution in [0.2, 0.25) is 0 Å². The molecule has 0 saturated carbocycles. The van der Waals surface area contributed by atoms with E-state index >= 15 is 0 Å². The van der Waals surface area contributed by atoms with Gasteiger partial charge in [-0.05, 0) is 37.8 Å². The second-order valence-corrected chi connectivity index (χ2v) is 4.99. The Bertz CT molecular complexity index is 379. The molecule has 0 aliphatic carbocycles. The van der Waals surface area contributed by atoms with Crippen molar-refractivity contribution in [1.82, 2.24) is 0 Å². The van der Waals surface area contributed by atoms with Crippen LogP contribution in [0.3, 0.4) is 0 Å². The van der Waals surface area contributed by atoms with Crippen LogP contribution >= 0.6 is 0 Å². The van der Waals surface area contributed by atoms with Crippen molar-refractivity contribution >= 4 is 5.69 Å². The van der Waals surface area contributed by atoms with E-state index in [0.29, 0.717) is 11.7 Å². The van der Waals surface area contributed by atoms with E-state index in [4.69, 9.17) is 5.73 Å². The summed E-state index contributed by atoms with van der Waals surface area (Å²) >= 11 is 0. The van der Waals surface area contributed by atoms with Gasteiger partial charge in [-0.2, -0.15) is 0 Å². The van der Waals surface area contributed by atoms with E-state index in [1.165, 1.54) is 6.07 Å². The van der Waals surface area contributed by atoms with Crippen molar-refractivity contribution in [3.8, 4) is 0 Å². The molecule has 0 bridgehead atoms. The Morgan fingerprint density at radius 1 is 1.28 bits per heavy atom. The summed E-state index contributed by atoms with van der Waals surface area (Å²) in [5, 5.41) is 0. The van der Waals surface area contributed by atoms with Crippen molar-refractivity contribution in [3.63, 3.8) is 0 Å². The Balaban J connectivity index is 3.07. The fourth-order valence-corrected chi connectivity index (χ4v) is 2.04. The van der Waals surface area contributed by atoms with Crippen LogP contribution in [0.15, 0.2) is 18.2 Å². The second kappa shape index (κ2) is 6.74. The minimum Gasteiger partial charge on any atom is -0.369 e. The number of hydrogen-bond donors (Lipinski definition) is 1. The standard InChI is InChI=1S/C15H25FN2/c1-5-11(3)18(4)15-12(10-13(17)6-2)8-7-9-14(15)16/h7-9,11,13H,5-6,10,17H2,1-4H3.